The van der Waals surface area contributed by atoms with E-state index in [1.54, 1.807) is 56.0 Å². The van der Waals surface area contributed by atoms with Gasteiger partial charge in [-0.1, -0.05) is 30.3 Å². The fraction of sp³-hybridized carbons (Fsp3) is 0.190. The average Bonchev–Trinajstić information content (AvgIpc) is 3.20. The lowest BCUT2D eigenvalue weighted by Crippen LogP contribution is -2.34. The van der Waals surface area contributed by atoms with E-state index >= 15 is 0 Å². The first-order valence-electron chi connectivity index (χ1n) is 8.75. The van der Waals surface area contributed by atoms with Crippen molar-refractivity contribution in [1.82, 2.24) is 10.3 Å². The van der Waals surface area contributed by atoms with Crippen LogP contribution in [-0.2, 0) is 16.0 Å². The van der Waals surface area contributed by atoms with Gasteiger partial charge in [-0.05, 0) is 23.8 Å². The molecule has 1 atom stereocenters. The largest absolute Gasteiger partial charge is 0.493 e. The number of aromatic nitrogens is 1. The number of nitrogens with zero attached hydrogens (tertiary/aromatic N) is 1. The number of aliphatic carboxylic acids is 1. The number of hydrogen-bond donors (Lipinski definition) is 2. The number of rotatable bonds is 8. The van der Waals surface area contributed by atoms with Gasteiger partial charge in [0, 0.05) is 10.9 Å². The van der Waals surface area contributed by atoms with Crippen molar-refractivity contribution in [3.8, 4) is 22.1 Å². The van der Waals surface area contributed by atoms with Gasteiger partial charge in [0.05, 0.1) is 26.3 Å². The van der Waals surface area contributed by atoms with Crippen molar-refractivity contribution in [2.24, 2.45) is 0 Å². The summed E-state index contributed by atoms with van der Waals surface area (Å²) >= 11 is 1.40. The van der Waals surface area contributed by atoms with Crippen LogP contribution in [0.25, 0.3) is 10.6 Å². The van der Waals surface area contributed by atoms with Crippen LogP contribution >= 0.6 is 11.3 Å². The standard InChI is InChI=1S/C21H20N2O5S/c1-27-16-9-8-14(10-17(16)28-2)20-22-15(12-29-20)11-18(24)23-19(21(25)26)13-6-4-3-5-7-13/h3-10,12,19H,11H2,1-2H3,(H,23,24)(H,25,26)/t19-/m0/s1. The summed E-state index contributed by atoms with van der Waals surface area (Å²) in [6.07, 6.45) is -0.0135. The highest BCUT2D eigenvalue weighted by molar-refractivity contribution is 7.13. The van der Waals surface area contributed by atoms with Crippen molar-refractivity contribution in [3.05, 3.63) is 65.2 Å². The van der Waals surface area contributed by atoms with Gasteiger partial charge in [0.15, 0.2) is 17.5 Å². The molecular formula is C21H20N2O5S. The molecular weight excluding hydrogens is 392 g/mol. The maximum absolute atomic E-state index is 12.4. The van der Waals surface area contributed by atoms with Crippen LogP contribution in [0.5, 0.6) is 11.5 Å². The van der Waals surface area contributed by atoms with E-state index in [1.807, 2.05) is 12.1 Å². The average molecular weight is 412 g/mol. The molecule has 0 aliphatic rings. The van der Waals surface area contributed by atoms with Crippen LogP contribution in [0.3, 0.4) is 0 Å². The van der Waals surface area contributed by atoms with Gasteiger partial charge in [-0.15, -0.1) is 11.3 Å². The minimum Gasteiger partial charge on any atom is -0.493 e. The van der Waals surface area contributed by atoms with Crippen LogP contribution in [0.2, 0.25) is 0 Å². The molecule has 0 aliphatic heterocycles. The lowest BCUT2D eigenvalue weighted by atomic mass is 10.1. The highest BCUT2D eigenvalue weighted by atomic mass is 32.1. The summed E-state index contributed by atoms with van der Waals surface area (Å²) in [5, 5.41) is 14.5. The normalized spacial score (nSPS) is 11.5. The molecule has 1 heterocycles. The van der Waals surface area contributed by atoms with Gasteiger partial charge in [-0.2, -0.15) is 0 Å². The number of hydrogen-bond acceptors (Lipinski definition) is 6. The van der Waals surface area contributed by atoms with Gasteiger partial charge in [0.2, 0.25) is 5.91 Å². The molecule has 0 fully saturated rings. The Morgan fingerprint density at radius 2 is 1.83 bits per heavy atom. The van der Waals surface area contributed by atoms with E-state index in [2.05, 4.69) is 10.3 Å². The third-order valence-electron chi connectivity index (χ3n) is 4.21. The van der Waals surface area contributed by atoms with Crippen molar-refractivity contribution < 1.29 is 24.2 Å². The molecule has 29 heavy (non-hydrogen) atoms. The smallest absolute Gasteiger partial charge is 0.330 e. The predicted octanol–water partition coefficient (Wildman–Crippen LogP) is 3.31. The first-order valence-corrected chi connectivity index (χ1v) is 9.63. The number of methoxy groups -OCH3 is 2. The van der Waals surface area contributed by atoms with Crippen LogP contribution in [0.1, 0.15) is 17.3 Å². The summed E-state index contributed by atoms with van der Waals surface area (Å²) in [4.78, 5) is 28.4. The Labute approximate surface area is 171 Å². The number of nitrogens with one attached hydrogen (secondary N) is 1. The van der Waals surface area contributed by atoms with Gasteiger partial charge in [-0.3, -0.25) is 4.79 Å². The van der Waals surface area contributed by atoms with Gasteiger partial charge in [-0.25, -0.2) is 9.78 Å². The van der Waals surface area contributed by atoms with Crippen molar-refractivity contribution >= 4 is 23.2 Å². The molecule has 2 aromatic carbocycles. The molecule has 0 unspecified atom stereocenters. The number of benzene rings is 2. The first kappa shape index (κ1) is 20.3. The molecule has 1 aromatic heterocycles. The van der Waals surface area contributed by atoms with E-state index in [1.165, 1.54) is 11.3 Å². The third-order valence-corrected chi connectivity index (χ3v) is 5.15. The molecule has 0 radical (unpaired) electrons. The molecule has 3 rings (SSSR count). The molecule has 0 spiro atoms. The summed E-state index contributed by atoms with van der Waals surface area (Å²) < 4.78 is 10.5. The molecule has 0 saturated heterocycles. The Kier molecular flexibility index (Phi) is 6.46. The fourth-order valence-electron chi connectivity index (χ4n) is 2.80. The van der Waals surface area contributed by atoms with E-state index in [0.29, 0.717) is 22.8 Å². The zero-order chi connectivity index (χ0) is 20.8. The van der Waals surface area contributed by atoms with E-state index in [0.717, 1.165) is 10.6 Å². The van der Waals surface area contributed by atoms with Crippen molar-refractivity contribution in [2.45, 2.75) is 12.5 Å². The van der Waals surface area contributed by atoms with Gasteiger partial charge < -0.3 is 19.9 Å². The Balaban J connectivity index is 1.71. The number of ether oxygens (including phenoxy) is 2. The summed E-state index contributed by atoms with van der Waals surface area (Å²) in [6.45, 7) is 0. The van der Waals surface area contributed by atoms with Crippen LogP contribution in [0.4, 0.5) is 0 Å². The van der Waals surface area contributed by atoms with Crippen molar-refractivity contribution in [3.63, 3.8) is 0 Å². The second-order valence-electron chi connectivity index (χ2n) is 6.14. The maximum Gasteiger partial charge on any atom is 0.330 e. The minimum atomic E-state index is -1.12. The molecule has 7 nitrogen and oxygen atoms in total. The molecule has 0 aliphatic carbocycles. The number of carboxylic acids is 1. The van der Waals surface area contributed by atoms with Gasteiger partial charge in [0.25, 0.3) is 0 Å². The van der Waals surface area contributed by atoms with Crippen LogP contribution in [0.15, 0.2) is 53.9 Å². The summed E-state index contributed by atoms with van der Waals surface area (Å²) in [5.74, 6) is -0.320. The molecule has 2 N–H and O–H groups in total. The Hall–Kier alpha value is -3.39. The molecule has 150 valence electrons. The fourth-order valence-corrected chi connectivity index (χ4v) is 3.62. The summed E-state index contributed by atoms with van der Waals surface area (Å²) in [5.41, 5.74) is 1.92. The third kappa shape index (κ3) is 4.91. The molecule has 8 heteroatoms. The lowest BCUT2D eigenvalue weighted by Gasteiger charge is -2.14. The molecule has 3 aromatic rings. The Bertz CT molecular complexity index is 1000. The van der Waals surface area contributed by atoms with Gasteiger partial charge in [0.1, 0.15) is 5.01 Å². The summed E-state index contributed by atoms with van der Waals surface area (Å²) in [7, 11) is 3.13. The van der Waals surface area contributed by atoms with Crippen LogP contribution in [-0.4, -0.2) is 36.2 Å². The second-order valence-corrected chi connectivity index (χ2v) is 7.00. The number of amides is 1. The minimum absolute atomic E-state index is 0.0135. The molecule has 0 saturated carbocycles. The number of carbonyl (C=O) groups excluding carboxylic acids is 1. The topological polar surface area (TPSA) is 97.8 Å². The monoisotopic (exact) mass is 412 g/mol. The first-order chi connectivity index (χ1) is 14.0. The Morgan fingerprint density at radius 3 is 2.48 bits per heavy atom. The zero-order valence-electron chi connectivity index (χ0n) is 15.9. The number of carboxylic acid groups (broad SMARTS) is 1. The van der Waals surface area contributed by atoms with Crippen LogP contribution in [0, 0.1) is 0 Å². The van der Waals surface area contributed by atoms with E-state index < -0.39 is 17.9 Å². The van der Waals surface area contributed by atoms with Gasteiger partial charge >= 0.3 is 5.97 Å². The summed E-state index contributed by atoms with van der Waals surface area (Å²) in [6, 6.07) is 12.9. The van der Waals surface area contributed by atoms with Crippen molar-refractivity contribution in [1.29, 1.82) is 0 Å². The Morgan fingerprint density at radius 1 is 1.10 bits per heavy atom. The van der Waals surface area contributed by atoms with E-state index in [9.17, 15) is 14.7 Å². The molecule has 1 amide bonds. The molecule has 0 bridgehead atoms. The number of thiazole rings is 1. The van der Waals surface area contributed by atoms with E-state index in [4.69, 9.17) is 9.47 Å². The quantitative estimate of drug-likeness (QED) is 0.589. The highest BCUT2D eigenvalue weighted by Crippen LogP contribution is 2.33. The highest BCUT2D eigenvalue weighted by Gasteiger charge is 2.22. The SMILES string of the molecule is COc1ccc(-c2nc(CC(=O)N[C@H](C(=O)O)c3ccccc3)cs2)cc1OC. The zero-order valence-corrected chi connectivity index (χ0v) is 16.7. The maximum atomic E-state index is 12.4. The van der Waals surface area contributed by atoms with Crippen LogP contribution < -0.4 is 14.8 Å². The second kappa shape index (κ2) is 9.20. The lowest BCUT2D eigenvalue weighted by molar-refractivity contribution is -0.142. The van der Waals surface area contributed by atoms with E-state index in [-0.39, 0.29) is 6.42 Å². The predicted molar refractivity (Wildman–Crippen MR) is 109 cm³/mol. The van der Waals surface area contributed by atoms with Crippen molar-refractivity contribution in [2.75, 3.05) is 14.2 Å². The number of carbonyl (C=O) groups is 2.